The first-order valence-corrected chi connectivity index (χ1v) is 43.1. The molecule has 0 bridgehead atoms. The van der Waals surface area contributed by atoms with Crippen LogP contribution in [0.1, 0.15) is 0 Å². The van der Waals surface area contributed by atoms with Gasteiger partial charge in [-0.2, -0.15) is 0 Å². The molecule has 0 amide bonds. The Morgan fingerprint density at radius 2 is 0.460 bits per heavy atom. The lowest BCUT2D eigenvalue weighted by molar-refractivity contribution is 0.669. The minimum absolute atomic E-state index is 0.860. The molecule has 4 heterocycles. The number of anilines is 6. The second kappa shape index (κ2) is 30.7. The van der Waals surface area contributed by atoms with Crippen molar-refractivity contribution in [3.63, 3.8) is 0 Å². The molecule has 0 aliphatic heterocycles. The highest BCUT2D eigenvalue weighted by molar-refractivity contribution is 6.19. The van der Waals surface area contributed by atoms with Crippen LogP contribution in [0, 0.1) is 0 Å². The molecule has 4 aromatic heterocycles. The van der Waals surface area contributed by atoms with Crippen molar-refractivity contribution in [3.05, 3.63) is 473 Å². The van der Waals surface area contributed by atoms with Crippen LogP contribution >= 0.6 is 0 Å². The largest absolute Gasteiger partial charge is 0.455 e. The van der Waals surface area contributed by atoms with E-state index in [1.807, 2.05) is 0 Å². The summed E-state index contributed by atoms with van der Waals surface area (Å²) in [4.78, 5) is 4.83. The van der Waals surface area contributed by atoms with Gasteiger partial charge in [-0.25, -0.2) is 0 Å². The monoisotopic (exact) mass is 1610 g/mol. The summed E-state index contributed by atoms with van der Waals surface area (Å²) in [5.74, 6) is 0. The van der Waals surface area contributed by atoms with E-state index in [-0.39, 0.29) is 0 Å². The van der Waals surface area contributed by atoms with Gasteiger partial charge in [0.05, 0.1) is 33.4 Å². The Morgan fingerprint density at radius 3 is 0.960 bits per heavy atom. The van der Waals surface area contributed by atoms with E-state index in [1.165, 1.54) is 32.6 Å². The van der Waals surface area contributed by atoms with Crippen LogP contribution in [0.3, 0.4) is 0 Å². The number of nitrogens with zero attached hydrogens (tertiary/aromatic N) is 4. The lowest BCUT2D eigenvalue weighted by atomic mass is 9.94. The molecule has 24 rings (SSSR count). The summed E-state index contributed by atoms with van der Waals surface area (Å²) >= 11 is 0. The first kappa shape index (κ1) is 73.1. The highest BCUT2D eigenvalue weighted by atomic mass is 16.3. The fraction of sp³-hybridized carbons (Fsp3) is 0. The van der Waals surface area contributed by atoms with Gasteiger partial charge in [-0.15, -0.1) is 0 Å². The predicted molar refractivity (Wildman–Crippen MR) is 528 cm³/mol. The van der Waals surface area contributed by atoms with E-state index < -0.39 is 0 Å². The average molecular weight is 1610 g/mol. The molecule has 0 atom stereocenters. The van der Waals surface area contributed by atoms with Gasteiger partial charge in [-0.05, 0) is 205 Å². The van der Waals surface area contributed by atoms with Crippen molar-refractivity contribution in [1.29, 1.82) is 0 Å². The molecule has 24 aromatic rings. The fourth-order valence-corrected chi connectivity index (χ4v) is 19.6. The second-order valence-electron chi connectivity index (χ2n) is 32.5. The number of hydrogen-bond donors (Lipinski definition) is 0. The Balaban J connectivity index is 0.566. The molecule has 0 spiro atoms. The van der Waals surface area contributed by atoms with E-state index in [2.05, 4.69) is 492 Å². The fourth-order valence-electron chi connectivity index (χ4n) is 19.6. The molecule has 0 saturated carbocycles. The number of benzene rings is 20. The molecule has 0 saturated heterocycles. The molecule has 20 aromatic carbocycles. The smallest absolute Gasteiger partial charge is 0.143 e. The zero-order valence-corrected chi connectivity index (χ0v) is 68.6. The molecule has 0 unspecified atom stereocenters. The predicted octanol–water partition coefficient (Wildman–Crippen LogP) is 33.6. The van der Waals surface area contributed by atoms with Crippen LogP contribution in [-0.2, 0) is 0 Å². The van der Waals surface area contributed by atoms with Gasteiger partial charge >= 0.3 is 0 Å². The van der Waals surface area contributed by atoms with Crippen LogP contribution in [0.15, 0.2) is 482 Å². The summed E-state index contributed by atoms with van der Waals surface area (Å²) in [5, 5.41) is 9.27. The second-order valence-corrected chi connectivity index (χ2v) is 32.5. The average Bonchev–Trinajstić information content (AvgIpc) is 1.57. The Kier molecular flexibility index (Phi) is 17.8. The molecule has 126 heavy (non-hydrogen) atoms. The summed E-state index contributed by atoms with van der Waals surface area (Å²) in [6.07, 6.45) is 0. The molecular weight excluding hydrogens is 1530 g/mol. The van der Waals surface area contributed by atoms with Crippen LogP contribution in [0.5, 0.6) is 0 Å². The van der Waals surface area contributed by atoms with Crippen molar-refractivity contribution in [3.8, 4) is 112 Å². The summed E-state index contributed by atoms with van der Waals surface area (Å²) in [7, 11) is 0. The lowest BCUT2D eigenvalue weighted by Gasteiger charge is -2.28. The molecule has 0 aliphatic rings. The van der Waals surface area contributed by atoms with Crippen LogP contribution in [-0.4, -0.2) is 9.13 Å². The molecule has 6 heteroatoms. The highest BCUT2D eigenvalue weighted by Gasteiger charge is 2.26. The SMILES string of the molecule is c1ccc(-c2ccccc2N(c2ccc(-c3ccc(-n4c5ccccc5c5c(-c6cccc(-c7ccccc7N(c7ccc(-c8ccc(-n9c%10ccccc%10c%10ccccc%109)cc8)cc7)c7ccc(-c8cccc9oc%10c(-c%11ccccc%11)cccc%10c89)cc7)c6)cccc54)cc3)cc2)c2cccc(-c3cccc4oc5c(-c6ccccc6)cccc5c34)c2)cc1. The molecule has 0 aliphatic carbocycles. The third-order valence-electron chi connectivity index (χ3n) is 25.4. The van der Waals surface area contributed by atoms with Crippen molar-refractivity contribution in [2.75, 3.05) is 9.80 Å². The molecule has 0 fully saturated rings. The maximum Gasteiger partial charge on any atom is 0.143 e. The van der Waals surface area contributed by atoms with Crippen LogP contribution < -0.4 is 9.80 Å². The number of aromatic nitrogens is 2. The Labute approximate surface area is 729 Å². The van der Waals surface area contributed by atoms with Gasteiger partial charge < -0.3 is 27.8 Å². The summed E-state index contributed by atoms with van der Waals surface area (Å²) in [6.45, 7) is 0. The summed E-state index contributed by atoms with van der Waals surface area (Å²) in [6, 6.07) is 172. The minimum atomic E-state index is 0.860. The Morgan fingerprint density at radius 1 is 0.167 bits per heavy atom. The van der Waals surface area contributed by atoms with Crippen molar-refractivity contribution >= 4 is 122 Å². The van der Waals surface area contributed by atoms with Crippen molar-refractivity contribution in [2.24, 2.45) is 0 Å². The summed E-state index contributed by atoms with van der Waals surface area (Å²) in [5.41, 5.74) is 36.8. The van der Waals surface area contributed by atoms with Gasteiger partial charge in [0, 0.05) is 99.5 Å². The lowest BCUT2D eigenvalue weighted by Crippen LogP contribution is -2.11. The van der Waals surface area contributed by atoms with Crippen molar-refractivity contribution in [2.45, 2.75) is 0 Å². The van der Waals surface area contributed by atoms with Gasteiger partial charge in [-0.3, -0.25) is 0 Å². The number of para-hydroxylation sites is 7. The van der Waals surface area contributed by atoms with Gasteiger partial charge in [0.15, 0.2) is 0 Å². The van der Waals surface area contributed by atoms with E-state index in [4.69, 9.17) is 8.83 Å². The van der Waals surface area contributed by atoms with Gasteiger partial charge in [0.25, 0.3) is 0 Å². The molecule has 6 nitrogen and oxygen atoms in total. The molecular formula is C120H78N4O2. The van der Waals surface area contributed by atoms with Crippen molar-refractivity contribution < 1.29 is 8.83 Å². The minimum Gasteiger partial charge on any atom is -0.455 e. The van der Waals surface area contributed by atoms with Crippen LogP contribution in [0.2, 0.25) is 0 Å². The number of fused-ring (bicyclic) bond motifs is 12. The maximum atomic E-state index is 6.79. The molecule has 590 valence electrons. The third kappa shape index (κ3) is 12.6. The van der Waals surface area contributed by atoms with Crippen molar-refractivity contribution in [1.82, 2.24) is 9.13 Å². The first-order chi connectivity index (χ1) is 62.5. The zero-order chi connectivity index (χ0) is 83.1. The maximum absolute atomic E-state index is 6.79. The number of furan rings is 2. The Hall–Kier alpha value is -16.8. The topological polar surface area (TPSA) is 42.6 Å². The molecule has 0 N–H and O–H groups in total. The van der Waals surface area contributed by atoms with Crippen LogP contribution in [0.4, 0.5) is 34.1 Å². The summed E-state index contributed by atoms with van der Waals surface area (Å²) < 4.78 is 18.4. The number of rotatable bonds is 17. The molecule has 0 radical (unpaired) electrons. The standard InChI is InChI=1S/C120H78N4O2/c1-4-27-83(28-5-1)96-37-10-15-49-108(96)122(95-36-21-35-89(78-95)100-44-26-56-115-118(100)107-48-23-46-102(120(107)126-115)85-31-8-3-9-32-85)92-69-59-80(60-70-92)82-63-73-94(74-64-82)124-112-53-19-14-41-105(112)116-99(42-24-54-113(116)124)88-34-20-33-87(77-88)97-38-11-16-50-109(97)121(90-67-57-79(58-68-90)81-61-71-93(72-62-81)123-110-51-17-12-39-103(110)104-40-13-18-52-111(104)123)91-75-65-86(66-76-91)98-43-25-55-114-117(98)106-47-22-45-101(119(106)125-114)84-29-6-2-7-30-84/h1-78H. The van der Waals surface area contributed by atoms with E-state index in [0.717, 1.165) is 201 Å². The third-order valence-corrected chi connectivity index (χ3v) is 25.4. The quantitative estimate of drug-likeness (QED) is 0.0911. The normalized spacial score (nSPS) is 11.7. The van der Waals surface area contributed by atoms with Gasteiger partial charge in [0.2, 0.25) is 0 Å². The van der Waals surface area contributed by atoms with E-state index in [9.17, 15) is 0 Å². The highest BCUT2D eigenvalue weighted by Crippen LogP contribution is 2.50. The van der Waals surface area contributed by atoms with E-state index >= 15 is 0 Å². The van der Waals surface area contributed by atoms with Gasteiger partial charge in [0.1, 0.15) is 22.3 Å². The van der Waals surface area contributed by atoms with E-state index in [0.29, 0.717) is 0 Å². The van der Waals surface area contributed by atoms with E-state index in [1.54, 1.807) is 0 Å². The van der Waals surface area contributed by atoms with Crippen LogP contribution in [0.25, 0.3) is 199 Å². The zero-order valence-electron chi connectivity index (χ0n) is 68.6. The Bertz CT molecular complexity index is 8240. The number of hydrogen-bond acceptors (Lipinski definition) is 4. The first-order valence-electron chi connectivity index (χ1n) is 43.1. The van der Waals surface area contributed by atoms with Gasteiger partial charge in [-0.1, -0.05) is 346 Å².